The van der Waals surface area contributed by atoms with Gasteiger partial charge >= 0.3 is 0 Å². The van der Waals surface area contributed by atoms with Crippen molar-refractivity contribution in [1.29, 1.82) is 0 Å². The number of aliphatic hydroxyl groups is 1. The van der Waals surface area contributed by atoms with Crippen LogP contribution < -0.4 is 5.32 Å². The summed E-state index contributed by atoms with van der Waals surface area (Å²) < 4.78 is 0. The van der Waals surface area contributed by atoms with E-state index < -0.39 is 5.60 Å². The molecule has 18 heavy (non-hydrogen) atoms. The average molecular weight is 288 g/mol. The highest BCUT2D eigenvalue weighted by atomic mass is 35.5. The Morgan fingerprint density at radius 2 is 2.06 bits per heavy atom. The Morgan fingerprint density at radius 1 is 1.33 bits per heavy atom. The third-order valence-electron chi connectivity index (χ3n) is 4.03. The van der Waals surface area contributed by atoms with E-state index in [1.54, 1.807) is 12.1 Å². The molecule has 1 fully saturated rings. The van der Waals surface area contributed by atoms with Crippen LogP contribution in [0.5, 0.6) is 0 Å². The number of piperidine rings is 1. The molecule has 0 radical (unpaired) electrons. The molecule has 1 aromatic carbocycles. The molecule has 0 aliphatic carbocycles. The number of halogens is 2. The van der Waals surface area contributed by atoms with Gasteiger partial charge in [0, 0.05) is 28.4 Å². The molecule has 100 valence electrons. The van der Waals surface area contributed by atoms with Gasteiger partial charge in [-0.15, -0.1) is 0 Å². The number of benzene rings is 1. The fourth-order valence-corrected chi connectivity index (χ4v) is 2.90. The van der Waals surface area contributed by atoms with Crippen molar-refractivity contribution in [3.05, 3.63) is 33.8 Å². The van der Waals surface area contributed by atoms with E-state index in [0.717, 1.165) is 25.1 Å². The minimum Gasteiger partial charge on any atom is -0.389 e. The Hall–Kier alpha value is -0.280. The Bertz CT molecular complexity index is 447. The van der Waals surface area contributed by atoms with Crippen molar-refractivity contribution in [1.82, 2.24) is 5.32 Å². The van der Waals surface area contributed by atoms with Crippen LogP contribution in [-0.4, -0.2) is 23.8 Å². The van der Waals surface area contributed by atoms with Crippen molar-refractivity contribution < 1.29 is 5.11 Å². The monoisotopic (exact) mass is 287 g/mol. The summed E-state index contributed by atoms with van der Waals surface area (Å²) in [6.45, 7) is 5.80. The molecule has 0 amide bonds. The Labute approximate surface area is 118 Å². The Morgan fingerprint density at radius 3 is 2.72 bits per heavy atom. The van der Waals surface area contributed by atoms with E-state index in [2.05, 4.69) is 19.2 Å². The number of nitrogens with one attached hydrogen (secondary N) is 1. The molecule has 1 heterocycles. The largest absolute Gasteiger partial charge is 0.389 e. The van der Waals surface area contributed by atoms with Crippen molar-refractivity contribution in [2.24, 2.45) is 5.41 Å². The molecule has 4 heteroatoms. The lowest BCUT2D eigenvalue weighted by atomic mass is 9.68. The van der Waals surface area contributed by atoms with Crippen LogP contribution in [0.4, 0.5) is 0 Å². The molecule has 1 saturated heterocycles. The molecular formula is C14H19Cl2NO. The Kier molecular flexibility index (Phi) is 3.93. The SMILES string of the molecule is CC1(C)CNCCC1(O)Cc1cc(Cl)ccc1Cl. The molecule has 2 nitrogen and oxygen atoms in total. The lowest BCUT2D eigenvalue weighted by Gasteiger charge is -2.47. The van der Waals surface area contributed by atoms with Crippen LogP contribution in [0.25, 0.3) is 0 Å². The fraction of sp³-hybridized carbons (Fsp3) is 0.571. The van der Waals surface area contributed by atoms with Gasteiger partial charge in [-0.2, -0.15) is 0 Å². The maximum absolute atomic E-state index is 10.9. The van der Waals surface area contributed by atoms with E-state index >= 15 is 0 Å². The second kappa shape index (κ2) is 5.01. The summed E-state index contributed by atoms with van der Waals surface area (Å²) in [7, 11) is 0. The lowest BCUT2D eigenvalue weighted by Crippen LogP contribution is -2.57. The van der Waals surface area contributed by atoms with Gasteiger partial charge in [0.25, 0.3) is 0 Å². The van der Waals surface area contributed by atoms with Gasteiger partial charge in [-0.25, -0.2) is 0 Å². The average Bonchev–Trinajstić information content (AvgIpc) is 2.28. The first-order chi connectivity index (χ1) is 8.34. The maximum Gasteiger partial charge on any atom is 0.0763 e. The standard InChI is InChI=1S/C14H19Cl2NO/c1-13(2)9-17-6-5-14(13,18)8-10-7-11(15)3-4-12(10)16/h3-4,7,17-18H,5-6,8-9H2,1-2H3. The van der Waals surface area contributed by atoms with Crippen molar-refractivity contribution in [2.75, 3.05) is 13.1 Å². The zero-order valence-corrected chi connectivity index (χ0v) is 12.3. The van der Waals surface area contributed by atoms with Gasteiger partial charge < -0.3 is 10.4 Å². The molecule has 1 unspecified atom stereocenters. The molecule has 2 N–H and O–H groups in total. The molecule has 1 aliphatic heterocycles. The summed E-state index contributed by atoms with van der Waals surface area (Å²) in [6.07, 6.45) is 1.27. The molecule has 0 spiro atoms. The molecule has 1 aliphatic rings. The van der Waals surface area contributed by atoms with Crippen molar-refractivity contribution in [2.45, 2.75) is 32.3 Å². The van der Waals surface area contributed by atoms with Gasteiger partial charge in [-0.05, 0) is 36.7 Å². The highest BCUT2D eigenvalue weighted by Gasteiger charge is 2.45. The quantitative estimate of drug-likeness (QED) is 0.875. The van der Waals surface area contributed by atoms with Crippen LogP contribution in [0, 0.1) is 5.41 Å². The van der Waals surface area contributed by atoms with Crippen LogP contribution in [0.15, 0.2) is 18.2 Å². The van der Waals surface area contributed by atoms with E-state index in [9.17, 15) is 5.11 Å². The molecule has 0 saturated carbocycles. The third-order valence-corrected chi connectivity index (χ3v) is 4.64. The fourth-order valence-electron chi connectivity index (χ4n) is 2.52. The minimum atomic E-state index is -0.743. The molecule has 0 aromatic heterocycles. The van der Waals surface area contributed by atoms with E-state index in [0.29, 0.717) is 16.5 Å². The predicted molar refractivity (Wildman–Crippen MR) is 76.4 cm³/mol. The summed E-state index contributed by atoms with van der Waals surface area (Å²) in [4.78, 5) is 0. The van der Waals surface area contributed by atoms with Gasteiger partial charge in [-0.3, -0.25) is 0 Å². The van der Waals surface area contributed by atoms with Crippen LogP contribution in [-0.2, 0) is 6.42 Å². The van der Waals surface area contributed by atoms with Gasteiger partial charge in [-0.1, -0.05) is 37.0 Å². The highest BCUT2D eigenvalue weighted by Crippen LogP contribution is 2.39. The van der Waals surface area contributed by atoms with Gasteiger partial charge in [0.15, 0.2) is 0 Å². The molecule has 0 bridgehead atoms. The summed E-state index contributed by atoms with van der Waals surface area (Å²) in [5.74, 6) is 0. The first-order valence-corrected chi connectivity index (χ1v) is 6.97. The van der Waals surface area contributed by atoms with Crippen LogP contribution in [0.3, 0.4) is 0 Å². The molecule has 1 aromatic rings. The van der Waals surface area contributed by atoms with E-state index in [-0.39, 0.29) is 5.41 Å². The topological polar surface area (TPSA) is 32.3 Å². The summed E-state index contributed by atoms with van der Waals surface area (Å²) >= 11 is 12.2. The van der Waals surface area contributed by atoms with Gasteiger partial charge in [0.05, 0.1) is 5.60 Å². The van der Waals surface area contributed by atoms with E-state index in [1.165, 1.54) is 0 Å². The number of rotatable bonds is 2. The first-order valence-electron chi connectivity index (χ1n) is 6.21. The van der Waals surface area contributed by atoms with Crippen LogP contribution >= 0.6 is 23.2 Å². The predicted octanol–water partition coefficient (Wildman–Crippen LogP) is 3.29. The van der Waals surface area contributed by atoms with Crippen molar-refractivity contribution in [3.8, 4) is 0 Å². The highest BCUT2D eigenvalue weighted by molar-refractivity contribution is 6.33. The Balaban J connectivity index is 2.28. The third kappa shape index (κ3) is 2.67. The first kappa shape index (κ1) is 14.1. The number of hydrogen-bond acceptors (Lipinski definition) is 2. The van der Waals surface area contributed by atoms with Gasteiger partial charge in [0.1, 0.15) is 0 Å². The summed E-state index contributed by atoms with van der Waals surface area (Å²) in [5, 5.41) is 15.6. The second-order valence-electron chi connectivity index (χ2n) is 5.75. The molecular weight excluding hydrogens is 269 g/mol. The minimum absolute atomic E-state index is 0.184. The molecule has 2 rings (SSSR count). The van der Waals surface area contributed by atoms with Gasteiger partial charge in [0.2, 0.25) is 0 Å². The van der Waals surface area contributed by atoms with Crippen molar-refractivity contribution in [3.63, 3.8) is 0 Å². The lowest BCUT2D eigenvalue weighted by molar-refractivity contribution is -0.0869. The van der Waals surface area contributed by atoms with E-state index in [4.69, 9.17) is 23.2 Å². The second-order valence-corrected chi connectivity index (χ2v) is 6.60. The number of hydrogen-bond donors (Lipinski definition) is 2. The van der Waals surface area contributed by atoms with Crippen LogP contribution in [0.1, 0.15) is 25.8 Å². The molecule has 1 atom stereocenters. The van der Waals surface area contributed by atoms with Crippen LogP contribution in [0.2, 0.25) is 10.0 Å². The zero-order chi connectivity index (χ0) is 13.4. The zero-order valence-electron chi connectivity index (χ0n) is 10.8. The summed E-state index contributed by atoms with van der Waals surface area (Å²) in [5.41, 5.74) is -0.00893. The van der Waals surface area contributed by atoms with Crippen molar-refractivity contribution >= 4 is 23.2 Å². The van der Waals surface area contributed by atoms with E-state index in [1.807, 2.05) is 6.07 Å². The maximum atomic E-state index is 10.9. The summed E-state index contributed by atoms with van der Waals surface area (Å²) in [6, 6.07) is 5.40. The normalized spacial score (nSPS) is 27.2. The smallest absolute Gasteiger partial charge is 0.0763 e.